The number of hydroxylamine groups is 2. The molecule has 0 aromatic carbocycles. The molecular weight excluding hydrogens is 221 g/mol. The van der Waals surface area contributed by atoms with E-state index in [2.05, 4.69) is 41.0 Å². The largest absolute Gasteiger partial charge is 2.00 e. The van der Waals surface area contributed by atoms with E-state index in [0.29, 0.717) is 0 Å². The van der Waals surface area contributed by atoms with Gasteiger partial charge in [0.05, 0.1) is 0 Å². The van der Waals surface area contributed by atoms with Crippen molar-refractivity contribution < 1.29 is 22.0 Å². The van der Waals surface area contributed by atoms with Crippen molar-refractivity contribution in [2.45, 2.75) is 58.5 Å². The summed E-state index contributed by atoms with van der Waals surface area (Å²) in [6.07, 6.45) is 4.19. The molecule has 1 N–H and O–H groups in total. The molecule has 0 aromatic rings. The van der Waals surface area contributed by atoms with Gasteiger partial charge in [-0.1, -0.05) is 0 Å². The fraction of sp³-hybridized carbons (Fsp3) is 0.818. The Bertz CT molecular complexity index is 141. The monoisotopic (exact) mass is 244 g/mol. The van der Waals surface area contributed by atoms with Gasteiger partial charge in [-0.15, -0.1) is 0 Å². The minimum Gasteiger partial charge on any atom is -0.346 e. The van der Waals surface area contributed by atoms with Gasteiger partial charge < -0.3 is 18.6 Å². The van der Waals surface area contributed by atoms with E-state index in [0.717, 1.165) is 12.8 Å². The Morgan fingerprint density at radius 1 is 1.07 bits per heavy atom. The van der Waals surface area contributed by atoms with Crippen LogP contribution in [0.3, 0.4) is 0 Å². The number of nitrogens with zero attached hydrogens (tertiary/aromatic N) is 1. The summed E-state index contributed by atoms with van der Waals surface area (Å²) >= 11 is 0. The number of hydrogen-bond donors (Lipinski definition) is 1. The molecule has 0 atom stereocenters. The van der Waals surface area contributed by atoms with Gasteiger partial charge in [0, 0.05) is 11.1 Å². The van der Waals surface area contributed by atoms with Gasteiger partial charge in [0.25, 0.3) is 0 Å². The molecular formula is C11H23CoNO. The first-order valence-corrected chi connectivity index (χ1v) is 4.88. The van der Waals surface area contributed by atoms with E-state index >= 15 is 0 Å². The zero-order chi connectivity index (χ0) is 10.7. The Hall–Kier alpha value is 0.426. The quantitative estimate of drug-likeness (QED) is 0.662. The molecule has 0 bridgehead atoms. The predicted molar refractivity (Wildman–Crippen MR) is 56.3 cm³/mol. The fourth-order valence-corrected chi connectivity index (χ4v) is 1.77. The van der Waals surface area contributed by atoms with Gasteiger partial charge in [0.2, 0.25) is 0 Å². The summed E-state index contributed by atoms with van der Waals surface area (Å²) in [5.41, 5.74) is -0.191. The molecule has 0 unspecified atom stereocenters. The molecule has 3 heteroatoms. The Morgan fingerprint density at radius 3 is 1.57 bits per heavy atom. The summed E-state index contributed by atoms with van der Waals surface area (Å²) in [4.78, 5) is 0. The fourth-order valence-electron chi connectivity index (χ4n) is 1.77. The SMILES string of the molecule is CC1(C)C[CH-]CC(C)(C)N1O.[CH2-]C.[Co+2]. The number of rotatable bonds is 0. The molecule has 2 nitrogen and oxygen atoms in total. The number of hydrogen-bond acceptors (Lipinski definition) is 2. The maximum Gasteiger partial charge on any atom is 2.00 e. The van der Waals surface area contributed by atoms with Gasteiger partial charge in [0.15, 0.2) is 0 Å². The van der Waals surface area contributed by atoms with Gasteiger partial charge in [0.1, 0.15) is 0 Å². The third kappa shape index (κ3) is 3.89. The first-order valence-electron chi connectivity index (χ1n) is 4.88. The Kier molecular flexibility index (Phi) is 7.35. The van der Waals surface area contributed by atoms with Crippen molar-refractivity contribution in [3.8, 4) is 0 Å². The van der Waals surface area contributed by atoms with Crippen molar-refractivity contribution in [3.05, 3.63) is 13.3 Å². The molecule has 1 saturated heterocycles. The standard InChI is InChI=1S/C9H18NO.C2H5.Co/c1-8(2)6-5-7-9(3,4)10(8)11;1-2;/h5,11H,6-7H2,1-4H3;1H2,2H3;/q2*-1;+2. The third-order valence-corrected chi connectivity index (χ3v) is 2.43. The van der Waals surface area contributed by atoms with Crippen molar-refractivity contribution in [2.24, 2.45) is 0 Å². The molecule has 0 amide bonds. The summed E-state index contributed by atoms with van der Waals surface area (Å²) in [5, 5.41) is 11.3. The van der Waals surface area contributed by atoms with Gasteiger partial charge in [-0.2, -0.15) is 24.8 Å². The molecule has 14 heavy (non-hydrogen) atoms. The van der Waals surface area contributed by atoms with Gasteiger partial charge in [-0.05, 0) is 27.7 Å². The second kappa shape index (κ2) is 6.11. The van der Waals surface area contributed by atoms with E-state index in [1.165, 1.54) is 5.06 Å². The summed E-state index contributed by atoms with van der Waals surface area (Å²) < 4.78 is 0. The van der Waals surface area contributed by atoms with E-state index in [1.807, 2.05) is 0 Å². The molecule has 1 heterocycles. The van der Waals surface area contributed by atoms with E-state index < -0.39 is 0 Å². The first kappa shape index (κ1) is 16.8. The van der Waals surface area contributed by atoms with Crippen LogP contribution in [0.15, 0.2) is 0 Å². The van der Waals surface area contributed by atoms with Crippen LogP contribution in [0, 0.1) is 13.3 Å². The summed E-state index contributed by atoms with van der Waals surface area (Å²) in [6, 6.07) is 0. The number of piperidine rings is 1. The van der Waals surface area contributed by atoms with Crippen LogP contribution < -0.4 is 0 Å². The van der Waals surface area contributed by atoms with Crippen LogP contribution in [0.2, 0.25) is 0 Å². The molecule has 1 radical (unpaired) electrons. The van der Waals surface area contributed by atoms with Gasteiger partial charge in [-0.25, -0.2) is 0 Å². The average Bonchev–Trinajstić information content (AvgIpc) is 2.04. The predicted octanol–water partition coefficient (Wildman–Crippen LogP) is 3.07. The van der Waals surface area contributed by atoms with Crippen LogP contribution in [0.1, 0.15) is 47.5 Å². The molecule has 1 fully saturated rings. The van der Waals surface area contributed by atoms with E-state index in [1.54, 1.807) is 6.92 Å². The van der Waals surface area contributed by atoms with Crippen molar-refractivity contribution in [1.82, 2.24) is 5.06 Å². The van der Waals surface area contributed by atoms with Crippen LogP contribution in [-0.4, -0.2) is 21.3 Å². The van der Waals surface area contributed by atoms with Crippen LogP contribution in [-0.2, 0) is 16.8 Å². The molecule has 1 aliphatic heterocycles. The van der Waals surface area contributed by atoms with Crippen LogP contribution in [0.4, 0.5) is 0 Å². The van der Waals surface area contributed by atoms with Crippen molar-refractivity contribution in [1.29, 1.82) is 0 Å². The van der Waals surface area contributed by atoms with Crippen LogP contribution in [0.25, 0.3) is 0 Å². The second-order valence-corrected chi connectivity index (χ2v) is 4.63. The first-order chi connectivity index (χ1) is 5.86. The topological polar surface area (TPSA) is 23.5 Å². The normalized spacial score (nSPS) is 24.2. The van der Waals surface area contributed by atoms with E-state index in [-0.39, 0.29) is 27.9 Å². The third-order valence-electron chi connectivity index (χ3n) is 2.43. The average molecular weight is 244 g/mol. The molecule has 0 saturated carbocycles. The summed E-state index contributed by atoms with van der Waals surface area (Å²) in [5.74, 6) is 0. The minimum atomic E-state index is -0.0955. The zero-order valence-corrected chi connectivity index (χ0v) is 11.0. The van der Waals surface area contributed by atoms with Crippen molar-refractivity contribution >= 4 is 0 Å². The maximum absolute atomic E-state index is 9.78. The van der Waals surface area contributed by atoms with E-state index in [4.69, 9.17) is 0 Å². The molecule has 0 spiro atoms. The summed E-state index contributed by atoms with van der Waals surface area (Å²) in [6.45, 7) is 13.2. The van der Waals surface area contributed by atoms with Gasteiger partial charge in [-0.3, -0.25) is 0 Å². The molecule has 1 rings (SSSR count). The Labute approximate surface area is 99.2 Å². The maximum atomic E-state index is 9.78. The zero-order valence-electron chi connectivity index (χ0n) is 9.93. The van der Waals surface area contributed by atoms with Crippen molar-refractivity contribution in [2.75, 3.05) is 0 Å². The minimum absolute atomic E-state index is 0. The smallest absolute Gasteiger partial charge is 0.346 e. The summed E-state index contributed by atoms with van der Waals surface area (Å²) in [7, 11) is 0. The molecule has 0 aromatic heterocycles. The molecule has 1 aliphatic rings. The van der Waals surface area contributed by atoms with Crippen LogP contribution in [0.5, 0.6) is 0 Å². The molecule has 87 valence electrons. The van der Waals surface area contributed by atoms with Crippen LogP contribution >= 0.6 is 0 Å². The van der Waals surface area contributed by atoms with Gasteiger partial charge >= 0.3 is 16.8 Å². The Morgan fingerprint density at radius 2 is 1.36 bits per heavy atom. The van der Waals surface area contributed by atoms with E-state index in [9.17, 15) is 5.21 Å². The molecule has 0 aliphatic carbocycles. The second-order valence-electron chi connectivity index (χ2n) is 4.63. The Balaban J connectivity index is 0. The van der Waals surface area contributed by atoms with Crippen molar-refractivity contribution in [3.63, 3.8) is 0 Å².